The zero-order chi connectivity index (χ0) is 12.1. The van der Waals surface area contributed by atoms with Crippen molar-refractivity contribution < 1.29 is 5.11 Å². The molecule has 2 rings (SSSR count). The van der Waals surface area contributed by atoms with Crippen LogP contribution in [0.3, 0.4) is 0 Å². The van der Waals surface area contributed by atoms with Crippen LogP contribution >= 0.6 is 37.2 Å². The van der Waals surface area contributed by atoms with Crippen molar-refractivity contribution in [1.82, 2.24) is 4.98 Å². The van der Waals surface area contributed by atoms with E-state index >= 15 is 0 Å². The van der Waals surface area contributed by atoms with Gasteiger partial charge in [0.25, 0.3) is 0 Å². The number of pyridine rings is 1. The molecule has 6 heteroatoms. The van der Waals surface area contributed by atoms with Crippen LogP contribution in [0.25, 0.3) is 0 Å². The summed E-state index contributed by atoms with van der Waals surface area (Å²) in [6.07, 6.45) is 2.26. The highest BCUT2D eigenvalue weighted by atomic mass is 35.5. The lowest BCUT2D eigenvalue weighted by Crippen LogP contribution is -2.34. The van der Waals surface area contributed by atoms with Gasteiger partial charge in [0.1, 0.15) is 5.82 Å². The van der Waals surface area contributed by atoms with Crippen LogP contribution in [-0.2, 0) is 5.72 Å². The van der Waals surface area contributed by atoms with Crippen molar-refractivity contribution in [2.45, 2.75) is 19.1 Å². The number of aliphatic hydroxyl groups is 1. The lowest BCUT2D eigenvalue weighted by Gasteiger charge is -2.29. The van der Waals surface area contributed by atoms with Gasteiger partial charge in [-0.2, -0.15) is 0 Å². The number of hydrogen-bond acceptors (Lipinski definition) is 3. The standard InChI is InChI=1S/C14H16N2O.3ClH/c1-2-14(17,12-8-4-3-5-9-12)16-13-10-6-7-11-15-13;;;/h3-11,17H,2H2,1H3,(H,15,16);3*1H. The monoisotopic (exact) mass is 336 g/mol. The van der Waals surface area contributed by atoms with Crippen LogP contribution in [0.15, 0.2) is 54.7 Å². The van der Waals surface area contributed by atoms with Gasteiger partial charge >= 0.3 is 0 Å². The zero-order valence-electron chi connectivity index (χ0n) is 11.0. The van der Waals surface area contributed by atoms with E-state index in [0.717, 1.165) is 5.56 Å². The first-order valence-electron chi connectivity index (χ1n) is 5.72. The predicted molar refractivity (Wildman–Crippen MR) is 90.2 cm³/mol. The van der Waals surface area contributed by atoms with Crippen LogP contribution in [0.5, 0.6) is 0 Å². The minimum Gasteiger partial charge on any atom is -0.367 e. The Bertz CT molecular complexity index is 470. The molecule has 1 aromatic carbocycles. The molecule has 112 valence electrons. The van der Waals surface area contributed by atoms with Crippen LogP contribution < -0.4 is 5.32 Å². The van der Waals surface area contributed by atoms with E-state index in [-0.39, 0.29) is 37.2 Å². The fraction of sp³-hybridized carbons (Fsp3) is 0.214. The maximum Gasteiger partial charge on any atom is 0.162 e. The van der Waals surface area contributed by atoms with Crippen molar-refractivity contribution in [3.05, 3.63) is 60.3 Å². The summed E-state index contributed by atoms with van der Waals surface area (Å²) in [7, 11) is 0. The van der Waals surface area contributed by atoms with Crippen molar-refractivity contribution in [3.8, 4) is 0 Å². The molecule has 1 heterocycles. The predicted octanol–water partition coefficient (Wildman–Crippen LogP) is 4.01. The summed E-state index contributed by atoms with van der Waals surface area (Å²) in [6.45, 7) is 1.93. The number of halogens is 3. The Morgan fingerprint density at radius 1 is 1.00 bits per heavy atom. The summed E-state index contributed by atoms with van der Waals surface area (Å²) >= 11 is 0. The van der Waals surface area contributed by atoms with Crippen molar-refractivity contribution in [2.24, 2.45) is 0 Å². The van der Waals surface area contributed by atoms with Crippen LogP contribution in [0, 0.1) is 0 Å². The van der Waals surface area contributed by atoms with Gasteiger partial charge in [0, 0.05) is 11.8 Å². The summed E-state index contributed by atoms with van der Waals surface area (Å²) < 4.78 is 0. The highest BCUT2D eigenvalue weighted by Crippen LogP contribution is 2.25. The number of nitrogens with zero attached hydrogens (tertiary/aromatic N) is 1. The van der Waals surface area contributed by atoms with Crippen molar-refractivity contribution in [2.75, 3.05) is 5.32 Å². The van der Waals surface area contributed by atoms with Crippen LogP contribution in [0.1, 0.15) is 18.9 Å². The molecule has 0 spiro atoms. The van der Waals surface area contributed by atoms with Gasteiger partial charge in [0.05, 0.1) is 0 Å². The first-order chi connectivity index (χ1) is 8.24. The maximum atomic E-state index is 10.6. The summed E-state index contributed by atoms with van der Waals surface area (Å²) in [5, 5.41) is 13.7. The molecule has 0 saturated heterocycles. The smallest absolute Gasteiger partial charge is 0.162 e. The molecule has 1 unspecified atom stereocenters. The molecule has 2 aromatic rings. The van der Waals surface area contributed by atoms with Gasteiger partial charge in [0.2, 0.25) is 0 Å². The molecule has 1 atom stereocenters. The molecular weight excluding hydrogens is 319 g/mol. The van der Waals surface area contributed by atoms with E-state index in [9.17, 15) is 5.11 Å². The SMILES string of the molecule is CCC(O)(Nc1ccccn1)c1ccccc1.Cl.Cl.Cl. The van der Waals surface area contributed by atoms with Gasteiger partial charge in [-0.05, 0) is 18.6 Å². The van der Waals surface area contributed by atoms with E-state index in [1.807, 2.05) is 55.5 Å². The van der Waals surface area contributed by atoms with Crippen molar-refractivity contribution >= 4 is 43.0 Å². The highest BCUT2D eigenvalue weighted by Gasteiger charge is 2.26. The number of aromatic nitrogens is 1. The number of benzene rings is 1. The van der Waals surface area contributed by atoms with Gasteiger partial charge in [-0.15, -0.1) is 37.2 Å². The van der Waals surface area contributed by atoms with E-state index in [1.54, 1.807) is 6.20 Å². The van der Waals surface area contributed by atoms with E-state index in [1.165, 1.54) is 0 Å². The second-order valence-corrected chi connectivity index (χ2v) is 3.92. The Morgan fingerprint density at radius 2 is 1.60 bits per heavy atom. The molecule has 0 aliphatic heterocycles. The van der Waals surface area contributed by atoms with Crippen molar-refractivity contribution in [1.29, 1.82) is 0 Å². The fourth-order valence-corrected chi connectivity index (χ4v) is 1.73. The minimum absolute atomic E-state index is 0. The normalized spacial score (nSPS) is 11.9. The van der Waals surface area contributed by atoms with Gasteiger partial charge < -0.3 is 10.4 Å². The van der Waals surface area contributed by atoms with Gasteiger partial charge in [-0.3, -0.25) is 0 Å². The maximum absolute atomic E-state index is 10.6. The van der Waals surface area contributed by atoms with E-state index in [2.05, 4.69) is 10.3 Å². The van der Waals surface area contributed by atoms with E-state index in [0.29, 0.717) is 12.2 Å². The Hall–Kier alpha value is -1.000. The van der Waals surface area contributed by atoms with E-state index < -0.39 is 5.72 Å². The Kier molecular flexibility index (Phi) is 10.5. The molecular formula is C14H19Cl3N2O. The first kappa shape index (κ1) is 21.3. The van der Waals surface area contributed by atoms with E-state index in [4.69, 9.17) is 0 Å². The molecule has 0 amide bonds. The zero-order valence-corrected chi connectivity index (χ0v) is 13.5. The Morgan fingerprint density at radius 3 is 2.10 bits per heavy atom. The largest absolute Gasteiger partial charge is 0.367 e. The van der Waals surface area contributed by atoms with Gasteiger partial charge in [-0.1, -0.05) is 43.3 Å². The summed E-state index contributed by atoms with van der Waals surface area (Å²) in [6, 6.07) is 15.1. The third kappa shape index (κ3) is 5.17. The highest BCUT2D eigenvalue weighted by molar-refractivity contribution is 5.86. The summed E-state index contributed by atoms with van der Waals surface area (Å²) in [4.78, 5) is 4.17. The van der Waals surface area contributed by atoms with Gasteiger partial charge in [0.15, 0.2) is 5.72 Å². The molecule has 2 N–H and O–H groups in total. The molecule has 1 aromatic heterocycles. The molecule has 0 fully saturated rings. The quantitative estimate of drug-likeness (QED) is 0.828. The number of hydrogen-bond donors (Lipinski definition) is 2. The molecule has 20 heavy (non-hydrogen) atoms. The van der Waals surface area contributed by atoms with Crippen LogP contribution in [0.2, 0.25) is 0 Å². The molecule has 0 bridgehead atoms. The topological polar surface area (TPSA) is 45.1 Å². The summed E-state index contributed by atoms with van der Waals surface area (Å²) in [5.74, 6) is 0.667. The Labute approximate surface area is 138 Å². The number of rotatable bonds is 4. The molecule has 0 saturated carbocycles. The molecule has 0 radical (unpaired) electrons. The first-order valence-corrected chi connectivity index (χ1v) is 5.72. The minimum atomic E-state index is -1.07. The third-order valence-electron chi connectivity index (χ3n) is 2.76. The summed E-state index contributed by atoms with van der Waals surface area (Å²) in [5.41, 5.74) is -0.233. The van der Waals surface area contributed by atoms with Gasteiger partial charge in [-0.25, -0.2) is 4.98 Å². The van der Waals surface area contributed by atoms with Crippen LogP contribution in [-0.4, -0.2) is 10.1 Å². The lowest BCUT2D eigenvalue weighted by molar-refractivity contribution is 0.0628. The molecule has 0 aliphatic rings. The molecule has 3 nitrogen and oxygen atoms in total. The fourth-order valence-electron chi connectivity index (χ4n) is 1.73. The Balaban J connectivity index is 0. The average Bonchev–Trinajstić information content (AvgIpc) is 2.41. The third-order valence-corrected chi connectivity index (χ3v) is 2.76. The van der Waals surface area contributed by atoms with Crippen molar-refractivity contribution in [3.63, 3.8) is 0 Å². The second kappa shape index (κ2) is 9.83. The number of anilines is 1. The number of nitrogens with one attached hydrogen (secondary N) is 1. The second-order valence-electron chi connectivity index (χ2n) is 3.92. The lowest BCUT2D eigenvalue weighted by atomic mass is 10.00. The van der Waals surface area contributed by atoms with Crippen LogP contribution in [0.4, 0.5) is 5.82 Å². The molecule has 0 aliphatic carbocycles. The average molecular weight is 338 g/mol.